The van der Waals surface area contributed by atoms with Gasteiger partial charge in [0.1, 0.15) is 11.5 Å². The van der Waals surface area contributed by atoms with Gasteiger partial charge in [-0.3, -0.25) is 10.1 Å². The summed E-state index contributed by atoms with van der Waals surface area (Å²) in [6, 6.07) is 10.8. The molecule has 1 aromatic heterocycles. The molecule has 0 radical (unpaired) electrons. The van der Waals surface area contributed by atoms with Crippen molar-refractivity contribution in [3.05, 3.63) is 54.5 Å². The first kappa shape index (κ1) is 16.8. The van der Waals surface area contributed by atoms with E-state index in [4.69, 9.17) is 21.4 Å². The van der Waals surface area contributed by atoms with E-state index in [9.17, 15) is 4.79 Å². The van der Waals surface area contributed by atoms with Gasteiger partial charge >= 0.3 is 0 Å². The summed E-state index contributed by atoms with van der Waals surface area (Å²) in [5, 5.41) is 5.71. The number of anilines is 1. The third-order valence-electron chi connectivity index (χ3n) is 2.66. The number of hydrogen-bond donors (Lipinski definition) is 2. The first-order chi connectivity index (χ1) is 11.0. The van der Waals surface area contributed by atoms with E-state index < -0.39 is 0 Å². The summed E-state index contributed by atoms with van der Waals surface area (Å²) in [5.41, 5.74) is 0.765. The highest BCUT2D eigenvalue weighted by Crippen LogP contribution is 2.16. The molecule has 0 spiro atoms. The molecular formula is C17H18N2O3S. The molecule has 120 valence electrons. The number of benzene rings is 1. The number of carbonyl (C=O) groups is 1. The Morgan fingerprint density at radius 3 is 2.61 bits per heavy atom. The maximum Gasteiger partial charge on any atom is 0.250 e. The van der Waals surface area contributed by atoms with Gasteiger partial charge in [0.15, 0.2) is 5.11 Å². The summed E-state index contributed by atoms with van der Waals surface area (Å²) < 4.78 is 10.7. The Morgan fingerprint density at radius 1 is 1.26 bits per heavy atom. The van der Waals surface area contributed by atoms with E-state index in [1.807, 2.05) is 38.1 Å². The first-order valence-electron chi connectivity index (χ1n) is 7.13. The predicted octanol–water partition coefficient (Wildman–Crippen LogP) is 3.59. The molecule has 0 aliphatic carbocycles. The van der Waals surface area contributed by atoms with Crippen LogP contribution in [0.15, 0.2) is 53.2 Å². The van der Waals surface area contributed by atoms with Crippen LogP contribution in [0.3, 0.4) is 0 Å². The van der Waals surface area contributed by atoms with Crippen LogP contribution in [0, 0.1) is 0 Å². The van der Waals surface area contributed by atoms with Gasteiger partial charge in [-0.1, -0.05) is 0 Å². The number of thiocarbonyl (C=S) groups is 1. The number of rotatable bonds is 5. The van der Waals surface area contributed by atoms with Crippen molar-refractivity contribution in [1.82, 2.24) is 5.32 Å². The number of amides is 1. The minimum absolute atomic E-state index is 0.120. The first-order valence-corrected chi connectivity index (χ1v) is 7.54. The van der Waals surface area contributed by atoms with Crippen molar-refractivity contribution in [3.8, 4) is 5.75 Å². The number of nitrogens with one attached hydrogen (secondary N) is 2. The van der Waals surface area contributed by atoms with Crippen molar-refractivity contribution < 1.29 is 13.9 Å². The second-order valence-corrected chi connectivity index (χ2v) is 5.39. The van der Waals surface area contributed by atoms with Gasteiger partial charge < -0.3 is 14.5 Å². The van der Waals surface area contributed by atoms with Crippen LogP contribution in [0.25, 0.3) is 6.08 Å². The molecule has 0 bridgehead atoms. The second kappa shape index (κ2) is 8.14. The monoisotopic (exact) mass is 330 g/mol. The lowest BCUT2D eigenvalue weighted by Gasteiger charge is -2.11. The lowest BCUT2D eigenvalue weighted by molar-refractivity contribution is -0.115. The predicted molar refractivity (Wildman–Crippen MR) is 94.3 cm³/mol. The van der Waals surface area contributed by atoms with Crippen molar-refractivity contribution >= 4 is 35.0 Å². The van der Waals surface area contributed by atoms with Gasteiger partial charge in [0, 0.05) is 11.8 Å². The maximum atomic E-state index is 11.7. The third kappa shape index (κ3) is 5.96. The van der Waals surface area contributed by atoms with Gasteiger partial charge in [-0.15, -0.1) is 0 Å². The largest absolute Gasteiger partial charge is 0.491 e. The molecule has 0 atom stereocenters. The summed E-state index contributed by atoms with van der Waals surface area (Å²) in [7, 11) is 0. The maximum absolute atomic E-state index is 11.7. The van der Waals surface area contributed by atoms with Crippen LogP contribution in [-0.2, 0) is 4.79 Å². The van der Waals surface area contributed by atoms with E-state index in [0.717, 1.165) is 11.4 Å². The Balaban J connectivity index is 1.83. The standard InChI is InChI=1S/C17H18N2O3S/c1-12(2)22-15-7-5-13(6-8-15)18-17(23)19-16(20)10-9-14-4-3-11-21-14/h3-12H,1-2H3,(H2,18,19,20,23)/b10-9+. The Bertz CT molecular complexity index is 676. The van der Waals surface area contributed by atoms with E-state index >= 15 is 0 Å². The summed E-state index contributed by atoms with van der Waals surface area (Å²) in [4.78, 5) is 11.7. The lowest BCUT2D eigenvalue weighted by Crippen LogP contribution is -2.32. The molecule has 0 saturated heterocycles. The van der Waals surface area contributed by atoms with Gasteiger partial charge in [0.25, 0.3) is 0 Å². The molecule has 0 aliphatic rings. The van der Waals surface area contributed by atoms with E-state index in [1.165, 1.54) is 12.3 Å². The molecule has 0 aliphatic heterocycles. The normalized spacial score (nSPS) is 10.7. The number of furan rings is 1. The van der Waals surface area contributed by atoms with Crippen LogP contribution >= 0.6 is 12.2 Å². The molecular weight excluding hydrogens is 312 g/mol. The second-order valence-electron chi connectivity index (χ2n) is 4.98. The van der Waals surface area contributed by atoms with Crippen molar-refractivity contribution in [2.45, 2.75) is 20.0 Å². The molecule has 0 fully saturated rings. The number of hydrogen-bond acceptors (Lipinski definition) is 4. The third-order valence-corrected chi connectivity index (χ3v) is 2.87. The number of ether oxygens (including phenoxy) is 1. The Hall–Kier alpha value is -2.60. The zero-order valence-electron chi connectivity index (χ0n) is 12.9. The van der Waals surface area contributed by atoms with Gasteiger partial charge in [-0.05, 0) is 68.5 Å². The number of carbonyl (C=O) groups excluding carboxylic acids is 1. The fraction of sp³-hybridized carbons (Fsp3) is 0.176. The van der Waals surface area contributed by atoms with Crippen LogP contribution in [0.1, 0.15) is 19.6 Å². The van der Waals surface area contributed by atoms with Crippen LogP contribution in [0.5, 0.6) is 5.75 Å². The fourth-order valence-corrected chi connectivity index (χ4v) is 1.97. The van der Waals surface area contributed by atoms with Gasteiger partial charge in [0.05, 0.1) is 12.4 Å². The zero-order valence-corrected chi connectivity index (χ0v) is 13.7. The van der Waals surface area contributed by atoms with Crippen molar-refractivity contribution in [2.75, 3.05) is 5.32 Å². The van der Waals surface area contributed by atoms with Crippen molar-refractivity contribution in [3.63, 3.8) is 0 Å². The summed E-state index contributed by atoms with van der Waals surface area (Å²) in [5.74, 6) is 1.04. The molecule has 1 amide bonds. The topological polar surface area (TPSA) is 63.5 Å². The highest BCUT2D eigenvalue weighted by molar-refractivity contribution is 7.80. The van der Waals surface area contributed by atoms with Crippen LogP contribution in [-0.4, -0.2) is 17.1 Å². The lowest BCUT2D eigenvalue weighted by atomic mass is 10.3. The minimum Gasteiger partial charge on any atom is -0.491 e. The van der Waals surface area contributed by atoms with Gasteiger partial charge in [-0.2, -0.15) is 0 Å². The molecule has 1 aromatic carbocycles. The molecule has 0 unspecified atom stereocenters. The highest BCUT2D eigenvalue weighted by atomic mass is 32.1. The van der Waals surface area contributed by atoms with E-state index in [1.54, 1.807) is 18.2 Å². The average Bonchev–Trinajstić information content (AvgIpc) is 3.00. The SMILES string of the molecule is CC(C)Oc1ccc(NC(=S)NC(=O)/C=C/c2ccco2)cc1. The Morgan fingerprint density at radius 2 is 2.00 bits per heavy atom. The highest BCUT2D eigenvalue weighted by Gasteiger charge is 2.03. The van der Waals surface area contributed by atoms with Crippen LogP contribution in [0.4, 0.5) is 5.69 Å². The van der Waals surface area contributed by atoms with E-state index in [0.29, 0.717) is 5.76 Å². The summed E-state index contributed by atoms with van der Waals surface area (Å²) in [6.45, 7) is 3.93. The molecule has 6 heteroatoms. The van der Waals surface area contributed by atoms with Crippen LogP contribution in [0.2, 0.25) is 0 Å². The van der Waals surface area contributed by atoms with Crippen LogP contribution < -0.4 is 15.4 Å². The average molecular weight is 330 g/mol. The van der Waals surface area contributed by atoms with E-state index in [2.05, 4.69) is 10.6 Å². The van der Waals surface area contributed by atoms with Crippen molar-refractivity contribution in [1.29, 1.82) is 0 Å². The molecule has 5 nitrogen and oxygen atoms in total. The smallest absolute Gasteiger partial charge is 0.250 e. The zero-order chi connectivity index (χ0) is 16.7. The van der Waals surface area contributed by atoms with Crippen molar-refractivity contribution in [2.24, 2.45) is 0 Å². The van der Waals surface area contributed by atoms with Gasteiger partial charge in [0.2, 0.25) is 5.91 Å². The van der Waals surface area contributed by atoms with E-state index in [-0.39, 0.29) is 17.1 Å². The summed E-state index contributed by atoms with van der Waals surface area (Å²) in [6.07, 6.45) is 4.58. The Labute approximate surface area is 140 Å². The molecule has 2 rings (SSSR count). The molecule has 23 heavy (non-hydrogen) atoms. The van der Waals surface area contributed by atoms with Gasteiger partial charge in [-0.25, -0.2) is 0 Å². The minimum atomic E-state index is -0.335. The fourth-order valence-electron chi connectivity index (χ4n) is 1.75. The molecule has 2 N–H and O–H groups in total. The quantitative estimate of drug-likeness (QED) is 0.648. The summed E-state index contributed by atoms with van der Waals surface area (Å²) >= 11 is 5.10. The molecule has 0 saturated carbocycles. The Kier molecular flexibility index (Phi) is 5.94. The molecule has 2 aromatic rings. The molecule has 1 heterocycles.